The summed E-state index contributed by atoms with van der Waals surface area (Å²) >= 11 is 0. The third-order valence-corrected chi connectivity index (χ3v) is 2.42. The first-order valence-corrected chi connectivity index (χ1v) is 6.06. The summed E-state index contributed by atoms with van der Waals surface area (Å²) in [4.78, 5) is 20.6. The van der Waals surface area contributed by atoms with Gasteiger partial charge in [0.1, 0.15) is 11.9 Å². The zero-order chi connectivity index (χ0) is 14.1. The maximum atomic E-state index is 10.9. The summed E-state index contributed by atoms with van der Waals surface area (Å²) in [7, 11) is 3.98. The van der Waals surface area contributed by atoms with Crippen molar-refractivity contribution in [1.29, 1.82) is 0 Å². The summed E-state index contributed by atoms with van der Waals surface area (Å²) in [5.41, 5.74) is 0.610. The van der Waals surface area contributed by atoms with Gasteiger partial charge in [0.05, 0.1) is 18.9 Å². The Morgan fingerprint density at radius 1 is 1.47 bits per heavy atom. The van der Waals surface area contributed by atoms with Crippen molar-refractivity contribution < 1.29 is 14.6 Å². The van der Waals surface area contributed by atoms with Crippen molar-refractivity contribution in [3.05, 3.63) is 23.8 Å². The van der Waals surface area contributed by atoms with Gasteiger partial charge in [-0.25, -0.2) is 14.8 Å². The van der Waals surface area contributed by atoms with Crippen LogP contribution < -0.4 is 5.32 Å². The van der Waals surface area contributed by atoms with E-state index in [1.807, 2.05) is 19.0 Å². The van der Waals surface area contributed by atoms with Crippen LogP contribution in [0.4, 0.5) is 0 Å². The average molecular weight is 268 g/mol. The number of aromatic carboxylic acids is 1. The topological polar surface area (TPSA) is 87.6 Å². The number of ether oxygens (including phenoxy) is 1. The van der Waals surface area contributed by atoms with Crippen LogP contribution in [-0.2, 0) is 11.3 Å². The normalized spacial score (nSPS) is 10.9. The molecule has 0 aliphatic heterocycles. The van der Waals surface area contributed by atoms with Gasteiger partial charge in [-0.15, -0.1) is 0 Å². The van der Waals surface area contributed by atoms with Crippen LogP contribution in [0, 0.1) is 0 Å². The van der Waals surface area contributed by atoms with Crippen molar-refractivity contribution in [2.75, 3.05) is 40.4 Å². The minimum absolute atomic E-state index is 0.128. The molecule has 0 saturated carbocycles. The number of hydrogen-bond donors (Lipinski definition) is 2. The SMILES string of the molecule is CN(C)CCOCCNCc1ncncc1C(=O)O. The minimum Gasteiger partial charge on any atom is -0.478 e. The maximum absolute atomic E-state index is 10.9. The van der Waals surface area contributed by atoms with Gasteiger partial charge in [-0.1, -0.05) is 0 Å². The van der Waals surface area contributed by atoms with Crippen LogP contribution in [0.3, 0.4) is 0 Å². The van der Waals surface area contributed by atoms with Crippen LogP contribution in [0.1, 0.15) is 16.1 Å². The Bertz CT molecular complexity index is 398. The smallest absolute Gasteiger partial charge is 0.339 e. The summed E-state index contributed by atoms with van der Waals surface area (Å²) in [6.45, 7) is 3.19. The molecule has 0 atom stereocenters. The summed E-state index contributed by atoms with van der Waals surface area (Å²) in [6, 6.07) is 0. The third kappa shape index (κ3) is 6.23. The lowest BCUT2D eigenvalue weighted by Crippen LogP contribution is -2.24. The van der Waals surface area contributed by atoms with E-state index in [4.69, 9.17) is 9.84 Å². The van der Waals surface area contributed by atoms with E-state index in [2.05, 4.69) is 15.3 Å². The van der Waals surface area contributed by atoms with Crippen molar-refractivity contribution >= 4 is 5.97 Å². The Labute approximate surface area is 112 Å². The molecular weight excluding hydrogens is 248 g/mol. The summed E-state index contributed by atoms with van der Waals surface area (Å²) in [6.07, 6.45) is 2.65. The Balaban J connectivity index is 2.21. The predicted octanol–water partition coefficient (Wildman–Crippen LogP) is -0.157. The fraction of sp³-hybridized carbons (Fsp3) is 0.583. The molecule has 0 amide bonds. The van der Waals surface area contributed by atoms with Crippen LogP contribution in [0.2, 0.25) is 0 Å². The molecule has 2 N–H and O–H groups in total. The van der Waals surface area contributed by atoms with Crippen LogP contribution in [0.15, 0.2) is 12.5 Å². The Morgan fingerprint density at radius 2 is 2.26 bits per heavy atom. The number of carboxylic acid groups (broad SMARTS) is 1. The van der Waals surface area contributed by atoms with Gasteiger partial charge in [0.2, 0.25) is 0 Å². The molecule has 0 unspecified atom stereocenters. The van der Waals surface area contributed by atoms with Crippen LogP contribution >= 0.6 is 0 Å². The molecule has 7 heteroatoms. The molecule has 1 aromatic rings. The van der Waals surface area contributed by atoms with E-state index in [0.717, 1.165) is 6.54 Å². The number of rotatable bonds is 9. The molecule has 0 aromatic carbocycles. The lowest BCUT2D eigenvalue weighted by molar-refractivity contribution is 0.0694. The van der Waals surface area contributed by atoms with Gasteiger partial charge >= 0.3 is 5.97 Å². The number of nitrogens with one attached hydrogen (secondary N) is 1. The van der Waals surface area contributed by atoms with E-state index in [9.17, 15) is 4.79 Å². The van der Waals surface area contributed by atoms with Crippen molar-refractivity contribution in [2.45, 2.75) is 6.54 Å². The monoisotopic (exact) mass is 268 g/mol. The lowest BCUT2D eigenvalue weighted by atomic mass is 10.2. The van der Waals surface area contributed by atoms with E-state index in [0.29, 0.717) is 32.0 Å². The minimum atomic E-state index is -1.01. The highest BCUT2D eigenvalue weighted by atomic mass is 16.5. The van der Waals surface area contributed by atoms with E-state index in [1.54, 1.807) is 0 Å². The molecule has 0 fully saturated rings. The fourth-order valence-corrected chi connectivity index (χ4v) is 1.37. The van der Waals surface area contributed by atoms with Crippen molar-refractivity contribution in [2.24, 2.45) is 0 Å². The molecular formula is C12H20N4O3. The van der Waals surface area contributed by atoms with E-state index in [1.165, 1.54) is 12.5 Å². The molecule has 7 nitrogen and oxygen atoms in total. The lowest BCUT2D eigenvalue weighted by Gasteiger charge is -2.10. The summed E-state index contributed by atoms with van der Waals surface area (Å²) < 4.78 is 5.41. The standard InChI is InChI=1S/C12H20N4O3/c1-16(2)4-6-19-5-3-13-8-11-10(12(17)18)7-14-9-15-11/h7,9,13H,3-6,8H2,1-2H3,(H,17,18). The first-order valence-electron chi connectivity index (χ1n) is 6.06. The second-order valence-electron chi connectivity index (χ2n) is 4.28. The highest BCUT2D eigenvalue weighted by Crippen LogP contribution is 2.02. The molecule has 0 aliphatic carbocycles. The number of hydrogen-bond acceptors (Lipinski definition) is 6. The number of carbonyl (C=O) groups is 1. The maximum Gasteiger partial charge on any atom is 0.339 e. The summed E-state index contributed by atoms with van der Waals surface area (Å²) in [5.74, 6) is -1.01. The molecule has 0 spiro atoms. The zero-order valence-corrected chi connectivity index (χ0v) is 11.3. The second kappa shape index (κ2) is 8.52. The van der Waals surface area contributed by atoms with Gasteiger partial charge in [0.15, 0.2) is 0 Å². The second-order valence-corrected chi connectivity index (χ2v) is 4.28. The molecule has 1 heterocycles. The number of carboxylic acids is 1. The zero-order valence-electron chi connectivity index (χ0n) is 11.3. The van der Waals surface area contributed by atoms with Gasteiger partial charge in [-0.05, 0) is 14.1 Å². The Hall–Kier alpha value is -1.57. The number of nitrogens with zero attached hydrogens (tertiary/aromatic N) is 3. The first kappa shape index (κ1) is 15.5. The Kier molecular flexibility index (Phi) is 6.94. The van der Waals surface area contributed by atoms with E-state index in [-0.39, 0.29) is 5.56 Å². The van der Waals surface area contributed by atoms with Gasteiger partial charge in [-0.3, -0.25) is 0 Å². The van der Waals surface area contributed by atoms with Crippen molar-refractivity contribution in [3.8, 4) is 0 Å². The van der Waals surface area contributed by atoms with Crippen LogP contribution in [-0.4, -0.2) is 66.3 Å². The van der Waals surface area contributed by atoms with Gasteiger partial charge < -0.3 is 20.1 Å². The molecule has 0 aliphatic rings. The average Bonchev–Trinajstić information content (AvgIpc) is 2.37. The summed E-state index contributed by atoms with van der Waals surface area (Å²) in [5, 5.41) is 12.0. The largest absolute Gasteiger partial charge is 0.478 e. The quantitative estimate of drug-likeness (QED) is 0.602. The molecule has 0 bridgehead atoms. The van der Waals surface area contributed by atoms with E-state index >= 15 is 0 Å². The molecule has 19 heavy (non-hydrogen) atoms. The first-order chi connectivity index (χ1) is 9.11. The molecule has 0 radical (unpaired) electrons. The molecule has 106 valence electrons. The van der Waals surface area contributed by atoms with E-state index < -0.39 is 5.97 Å². The Morgan fingerprint density at radius 3 is 2.95 bits per heavy atom. The highest BCUT2D eigenvalue weighted by molar-refractivity contribution is 5.88. The van der Waals surface area contributed by atoms with Crippen molar-refractivity contribution in [3.63, 3.8) is 0 Å². The number of likely N-dealkylation sites (N-methyl/N-ethyl adjacent to an activating group) is 1. The van der Waals surface area contributed by atoms with Crippen molar-refractivity contribution in [1.82, 2.24) is 20.2 Å². The molecule has 1 rings (SSSR count). The van der Waals surface area contributed by atoms with Gasteiger partial charge in [0, 0.05) is 25.8 Å². The third-order valence-electron chi connectivity index (χ3n) is 2.42. The van der Waals surface area contributed by atoms with Gasteiger partial charge in [-0.2, -0.15) is 0 Å². The fourth-order valence-electron chi connectivity index (χ4n) is 1.37. The van der Waals surface area contributed by atoms with Crippen LogP contribution in [0.25, 0.3) is 0 Å². The van der Waals surface area contributed by atoms with Gasteiger partial charge in [0.25, 0.3) is 0 Å². The predicted molar refractivity (Wildman–Crippen MR) is 70.1 cm³/mol. The highest BCUT2D eigenvalue weighted by Gasteiger charge is 2.10. The number of aromatic nitrogens is 2. The van der Waals surface area contributed by atoms with Crippen LogP contribution in [0.5, 0.6) is 0 Å². The molecule has 0 saturated heterocycles. The molecule has 1 aromatic heterocycles.